The lowest BCUT2D eigenvalue weighted by Gasteiger charge is -1.94. The Hall–Kier alpha value is -1.56. The van der Waals surface area contributed by atoms with Crippen LogP contribution in [0, 0.1) is 0 Å². The van der Waals surface area contributed by atoms with Gasteiger partial charge in [-0.25, -0.2) is 4.98 Å². The topological polar surface area (TPSA) is 69.4 Å². The molecule has 2 aromatic heterocycles. The lowest BCUT2D eigenvalue weighted by Crippen LogP contribution is -2.02. The normalized spacial score (nSPS) is 10.1. The third kappa shape index (κ3) is 1.24. The Balaban J connectivity index is 2.43. The SMILES string of the molecule is Clc1nnc(-n2ccnc2)nn1. The van der Waals surface area contributed by atoms with Crippen LogP contribution in [0.1, 0.15) is 0 Å². The van der Waals surface area contributed by atoms with Crippen LogP contribution in [0.2, 0.25) is 5.28 Å². The van der Waals surface area contributed by atoms with Gasteiger partial charge in [0.05, 0.1) is 0 Å². The van der Waals surface area contributed by atoms with Crippen LogP contribution in [0.25, 0.3) is 5.95 Å². The maximum absolute atomic E-state index is 5.40. The van der Waals surface area contributed by atoms with E-state index in [4.69, 9.17) is 11.6 Å². The van der Waals surface area contributed by atoms with Crippen molar-refractivity contribution in [3.05, 3.63) is 24.0 Å². The van der Waals surface area contributed by atoms with E-state index in [0.29, 0.717) is 5.95 Å². The van der Waals surface area contributed by atoms with Gasteiger partial charge in [-0.1, -0.05) is 0 Å². The van der Waals surface area contributed by atoms with E-state index in [-0.39, 0.29) is 5.28 Å². The second-order valence-corrected chi connectivity index (χ2v) is 2.28. The van der Waals surface area contributed by atoms with Gasteiger partial charge in [0.25, 0.3) is 11.2 Å². The average Bonchev–Trinajstić information content (AvgIpc) is 2.58. The summed E-state index contributed by atoms with van der Waals surface area (Å²) in [6.45, 7) is 0. The van der Waals surface area contributed by atoms with Gasteiger partial charge in [0.1, 0.15) is 6.33 Å². The first-order valence-electron chi connectivity index (χ1n) is 3.07. The van der Waals surface area contributed by atoms with E-state index in [1.807, 2.05) is 0 Å². The third-order valence-corrected chi connectivity index (χ3v) is 1.33. The van der Waals surface area contributed by atoms with Crippen LogP contribution in [0.5, 0.6) is 0 Å². The molecular weight excluding hydrogens is 180 g/mol. The molecular formula is C5H3ClN6. The molecule has 0 amide bonds. The van der Waals surface area contributed by atoms with Crippen molar-refractivity contribution in [3.63, 3.8) is 0 Å². The van der Waals surface area contributed by atoms with Crippen molar-refractivity contribution in [1.29, 1.82) is 0 Å². The van der Waals surface area contributed by atoms with Crippen LogP contribution in [0.4, 0.5) is 0 Å². The van der Waals surface area contributed by atoms with Gasteiger partial charge in [0, 0.05) is 12.4 Å². The molecule has 2 aromatic rings. The molecule has 6 nitrogen and oxygen atoms in total. The smallest absolute Gasteiger partial charge is 0.272 e. The van der Waals surface area contributed by atoms with Gasteiger partial charge in [0.2, 0.25) is 0 Å². The lowest BCUT2D eigenvalue weighted by molar-refractivity contribution is 0.780. The van der Waals surface area contributed by atoms with Crippen LogP contribution < -0.4 is 0 Å². The summed E-state index contributed by atoms with van der Waals surface area (Å²) in [5.74, 6) is 0.344. The standard InChI is InChI=1S/C5H3ClN6/c6-4-8-10-5(11-9-4)12-2-1-7-3-12/h1-3H. The molecule has 0 N–H and O–H groups in total. The number of imidazole rings is 1. The van der Waals surface area contributed by atoms with Gasteiger partial charge in [-0.15, -0.1) is 20.4 Å². The van der Waals surface area contributed by atoms with Crippen molar-refractivity contribution in [2.75, 3.05) is 0 Å². The van der Waals surface area contributed by atoms with E-state index < -0.39 is 0 Å². The zero-order valence-corrected chi connectivity index (χ0v) is 6.55. The quantitative estimate of drug-likeness (QED) is 0.626. The molecule has 7 heteroatoms. The lowest BCUT2D eigenvalue weighted by atomic mass is 10.8. The van der Waals surface area contributed by atoms with E-state index in [2.05, 4.69) is 25.4 Å². The molecule has 0 saturated carbocycles. The first-order valence-corrected chi connectivity index (χ1v) is 3.45. The Labute approximate surface area is 72.2 Å². The van der Waals surface area contributed by atoms with Crippen LogP contribution in [0.15, 0.2) is 18.7 Å². The highest BCUT2D eigenvalue weighted by Crippen LogP contribution is 1.97. The molecule has 0 unspecified atom stereocenters. The van der Waals surface area contributed by atoms with Gasteiger partial charge >= 0.3 is 0 Å². The zero-order valence-electron chi connectivity index (χ0n) is 5.79. The van der Waals surface area contributed by atoms with Crippen molar-refractivity contribution in [1.82, 2.24) is 29.9 Å². The summed E-state index contributed by atoms with van der Waals surface area (Å²) in [5, 5.41) is 14.5. The van der Waals surface area contributed by atoms with Crippen molar-refractivity contribution in [2.24, 2.45) is 0 Å². The summed E-state index contributed by atoms with van der Waals surface area (Å²) in [6, 6.07) is 0. The summed E-state index contributed by atoms with van der Waals surface area (Å²) in [5.41, 5.74) is 0. The second kappa shape index (κ2) is 2.82. The molecule has 0 aliphatic carbocycles. The van der Waals surface area contributed by atoms with E-state index >= 15 is 0 Å². The van der Waals surface area contributed by atoms with Gasteiger partial charge in [0.15, 0.2) is 0 Å². The van der Waals surface area contributed by atoms with E-state index in [1.165, 1.54) is 0 Å². The third-order valence-electron chi connectivity index (χ3n) is 1.18. The molecule has 0 atom stereocenters. The predicted molar refractivity (Wildman–Crippen MR) is 39.8 cm³/mol. The Kier molecular flexibility index (Phi) is 1.67. The fourth-order valence-corrected chi connectivity index (χ4v) is 0.768. The largest absolute Gasteiger partial charge is 0.274 e. The van der Waals surface area contributed by atoms with Crippen molar-refractivity contribution < 1.29 is 0 Å². The average molecular weight is 183 g/mol. The molecule has 0 bridgehead atoms. The number of hydrogen-bond acceptors (Lipinski definition) is 5. The van der Waals surface area contributed by atoms with Crippen LogP contribution in [0.3, 0.4) is 0 Å². The Bertz CT molecular complexity index is 354. The molecule has 0 fully saturated rings. The van der Waals surface area contributed by atoms with Gasteiger partial charge < -0.3 is 0 Å². The van der Waals surface area contributed by atoms with Crippen LogP contribution >= 0.6 is 11.6 Å². The van der Waals surface area contributed by atoms with Crippen molar-refractivity contribution >= 4 is 11.6 Å². The van der Waals surface area contributed by atoms with Gasteiger partial charge in [-0.2, -0.15) is 0 Å². The monoisotopic (exact) mass is 182 g/mol. The molecule has 0 aliphatic heterocycles. The fraction of sp³-hybridized carbons (Fsp3) is 0. The molecule has 60 valence electrons. The molecule has 0 aliphatic rings. The highest BCUT2D eigenvalue weighted by atomic mass is 35.5. The number of halogens is 1. The second-order valence-electron chi connectivity index (χ2n) is 1.94. The van der Waals surface area contributed by atoms with Gasteiger partial charge in [-0.05, 0) is 11.6 Å². The Morgan fingerprint density at radius 2 is 1.92 bits per heavy atom. The molecule has 2 heterocycles. The van der Waals surface area contributed by atoms with Crippen LogP contribution in [-0.4, -0.2) is 29.9 Å². The summed E-state index contributed by atoms with van der Waals surface area (Å²) in [4.78, 5) is 3.82. The summed E-state index contributed by atoms with van der Waals surface area (Å²) >= 11 is 5.40. The van der Waals surface area contributed by atoms with E-state index in [0.717, 1.165) is 0 Å². The van der Waals surface area contributed by atoms with Crippen LogP contribution in [-0.2, 0) is 0 Å². The molecule has 12 heavy (non-hydrogen) atoms. The zero-order chi connectivity index (χ0) is 8.39. The fourth-order valence-electron chi connectivity index (χ4n) is 0.693. The highest BCUT2D eigenvalue weighted by molar-refractivity contribution is 6.28. The minimum atomic E-state index is 0.0267. The minimum absolute atomic E-state index is 0.0267. The van der Waals surface area contributed by atoms with Crippen molar-refractivity contribution in [2.45, 2.75) is 0 Å². The minimum Gasteiger partial charge on any atom is -0.272 e. The summed E-state index contributed by atoms with van der Waals surface area (Å²) < 4.78 is 1.58. The molecule has 2 rings (SSSR count). The Morgan fingerprint density at radius 1 is 1.17 bits per heavy atom. The number of hydrogen-bond donors (Lipinski definition) is 0. The summed E-state index contributed by atoms with van der Waals surface area (Å²) in [6.07, 6.45) is 4.84. The molecule has 0 spiro atoms. The first kappa shape index (κ1) is 7.11. The molecule has 0 aromatic carbocycles. The summed E-state index contributed by atoms with van der Waals surface area (Å²) in [7, 11) is 0. The Morgan fingerprint density at radius 3 is 2.50 bits per heavy atom. The predicted octanol–water partition coefficient (Wildman–Crippen LogP) is 0.106. The number of rotatable bonds is 1. The van der Waals surface area contributed by atoms with Crippen molar-refractivity contribution in [3.8, 4) is 5.95 Å². The van der Waals surface area contributed by atoms with Gasteiger partial charge in [-0.3, -0.25) is 4.57 Å². The maximum Gasteiger partial charge on any atom is 0.274 e. The molecule has 0 radical (unpaired) electrons. The number of nitrogens with zero attached hydrogens (tertiary/aromatic N) is 6. The van der Waals surface area contributed by atoms with E-state index in [1.54, 1.807) is 23.3 Å². The maximum atomic E-state index is 5.40. The highest BCUT2D eigenvalue weighted by Gasteiger charge is 1.99. The number of aromatic nitrogens is 6. The molecule has 0 saturated heterocycles. The van der Waals surface area contributed by atoms with E-state index in [9.17, 15) is 0 Å². The first-order chi connectivity index (χ1) is 5.86.